The van der Waals surface area contributed by atoms with Crippen molar-refractivity contribution < 1.29 is 40.6 Å². The third kappa shape index (κ3) is 4.71. The maximum absolute atomic E-state index is 12.1. The van der Waals surface area contributed by atoms with Gasteiger partial charge in [-0.2, -0.15) is 26.3 Å². The van der Waals surface area contributed by atoms with Crippen LogP contribution in [-0.2, 0) is 14.3 Å². The molecule has 0 atom stereocenters. The number of carbonyl (C=O) groups excluding carboxylic acids is 1. The van der Waals surface area contributed by atoms with E-state index in [9.17, 15) is 31.1 Å². The van der Waals surface area contributed by atoms with E-state index in [0.29, 0.717) is 0 Å². The van der Waals surface area contributed by atoms with Gasteiger partial charge in [-0.3, -0.25) is 4.79 Å². The highest BCUT2D eigenvalue weighted by Crippen LogP contribution is 2.36. The van der Waals surface area contributed by atoms with Crippen LogP contribution in [0.5, 0.6) is 0 Å². The standard InChI is InChI=1S/C9H12F6O3/c1-7(2,6(16)17-3)4-18-5(8(10,11)12)9(13,14)15/h5H,4H2,1-3H3. The van der Waals surface area contributed by atoms with Crippen LogP contribution in [0.15, 0.2) is 0 Å². The van der Waals surface area contributed by atoms with Crippen LogP contribution in [0.3, 0.4) is 0 Å². The number of rotatable bonds is 4. The molecule has 0 bridgehead atoms. The lowest BCUT2D eigenvalue weighted by atomic mass is 9.95. The van der Waals surface area contributed by atoms with Crippen molar-refractivity contribution in [1.29, 1.82) is 0 Å². The van der Waals surface area contributed by atoms with Crippen molar-refractivity contribution in [2.75, 3.05) is 13.7 Å². The first-order chi connectivity index (χ1) is 7.82. The molecule has 0 aliphatic carbocycles. The Hall–Kier alpha value is -0.990. The highest BCUT2D eigenvalue weighted by molar-refractivity contribution is 5.75. The Morgan fingerprint density at radius 1 is 1.06 bits per heavy atom. The van der Waals surface area contributed by atoms with E-state index in [0.717, 1.165) is 21.0 Å². The molecule has 0 aliphatic heterocycles. The summed E-state index contributed by atoms with van der Waals surface area (Å²) < 4.78 is 80.7. The zero-order valence-corrected chi connectivity index (χ0v) is 9.78. The average Bonchev–Trinajstić information content (AvgIpc) is 2.11. The van der Waals surface area contributed by atoms with Gasteiger partial charge in [0.25, 0.3) is 0 Å². The SMILES string of the molecule is COC(=O)C(C)(C)COC(C(F)(F)F)C(F)(F)F. The second kappa shape index (κ2) is 5.33. The summed E-state index contributed by atoms with van der Waals surface area (Å²) in [5, 5.41) is 0. The van der Waals surface area contributed by atoms with Gasteiger partial charge in [-0.25, -0.2) is 0 Å². The van der Waals surface area contributed by atoms with E-state index in [1.807, 2.05) is 0 Å². The zero-order chi connectivity index (χ0) is 14.8. The van der Waals surface area contributed by atoms with Gasteiger partial charge >= 0.3 is 18.3 Å². The van der Waals surface area contributed by atoms with Gasteiger partial charge in [0.05, 0.1) is 19.1 Å². The highest BCUT2D eigenvalue weighted by Gasteiger charge is 2.58. The van der Waals surface area contributed by atoms with E-state index in [4.69, 9.17) is 0 Å². The van der Waals surface area contributed by atoms with E-state index >= 15 is 0 Å². The molecule has 0 saturated carbocycles. The molecule has 0 aliphatic rings. The fourth-order valence-corrected chi connectivity index (χ4v) is 1.00. The summed E-state index contributed by atoms with van der Waals surface area (Å²) in [6, 6.07) is 0. The van der Waals surface area contributed by atoms with Crippen LogP contribution in [0.1, 0.15) is 13.8 Å². The van der Waals surface area contributed by atoms with Crippen LogP contribution in [0.25, 0.3) is 0 Å². The van der Waals surface area contributed by atoms with Crippen LogP contribution in [0, 0.1) is 5.41 Å². The topological polar surface area (TPSA) is 35.5 Å². The maximum Gasteiger partial charge on any atom is 0.423 e. The van der Waals surface area contributed by atoms with Gasteiger partial charge in [0.1, 0.15) is 0 Å². The number of methoxy groups -OCH3 is 1. The Bertz CT molecular complexity index is 280. The van der Waals surface area contributed by atoms with E-state index < -0.39 is 36.4 Å². The molecule has 0 saturated heterocycles. The molecule has 18 heavy (non-hydrogen) atoms. The molecule has 0 radical (unpaired) electrons. The quantitative estimate of drug-likeness (QED) is 0.587. The minimum absolute atomic E-state index is 0.967. The second-order valence-corrected chi connectivity index (χ2v) is 4.15. The highest BCUT2D eigenvalue weighted by atomic mass is 19.4. The third-order valence-electron chi connectivity index (χ3n) is 1.94. The van der Waals surface area contributed by atoms with Crippen molar-refractivity contribution in [1.82, 2.24) is 0 Å². The van der Waals surface area contributed by atoms with Crippen LogP contribution < -0.4 is 0 Å². The fourth-order valence-electron chi connectivity index (χ4n) is 1.00. The zero-order valence-electron chi connectivity index (χ0n) is 9.78. The fraction of sp³-hybridized carbons (Fsp3) is 0.889. The number of carbonyl (C=O) groups is 1. The molecular weight excluding hydrogens is 270 g/mol. The van der Waals surface area contributed by atoms with Gasteiger partial charge in [-0.15, -0.1) is 0 Å². The Labute approximate surface area is 99.0 Å². The Balaban J connectivity index is 4.80. The molecule has 108 valence electrons. The van der Waals surface area contributed by atoms with E-state index in [2.05, 4.69) is 9.47 Å². The molecule has 0 amide bonds. The molecule has 0 aromatic carbocycles. The monoisotopic (exact) mass is 282 g/mol. The van der Waals surface area contributed by atoms with Crippen LogP contribution >= 0.6 is 0 Å². The molecule has 0 aromatic rings. The van der Waals surface area contributed by atoms with Gasteiger partial charge in [0.15, 0.2) is 0 Å². The van der Waals surface area contributed by atoms with Gasteiger partial charge in [-0.1, -0.05) is 0 Å². The summed E-state index contributed by atoms with van der Waals surface area (Å²) in [6.07, 6.45) is -15.1. The molecule has 0 N–H and O–H groups in total. The normalized spacial score (nSPS) is 13.9. The van der Waals surface area contributed by atoms with Crippen molar-refractivity contribution in [3.05, 3.63) is 0 Å². The van der Waals surface area contributed by atoms with Crippen LogP contribution in [-0.4, -0.2) is 38.1 Å². The first kappa shape index (κ1) is 17.0. The lowest BCUT2D eigenvalue weighted by Gasteiger charge is -2.27. The lowest BCUT2D eigenvalue weighted by Crippen LogP contribution is -2.46. The molecule has 9 heteroatoms. The molecular formula is C9H12F6O3. The van der Waals surface area contributed by atoms with E-state index in [1.54, 1.807) is 0 Å². The Morgan fingerprint density at radius 2 is 1.44 bits per heavy atom. The van der Waals surface area contributed by atoms with Crippen molar-refractivity contribution in [3.63, 3.8) is 0 Å². The molecule has 0 unspecified atom stereocenters. The van der Waals surface area contributed by atoms with Crippen molar-refractivity contribution in [2.24, 2.45) is 5.41 Å². The molecule has 0 aromatic heterocycles. The number of alkyl halides is 6. The number of hydrogen-bond donors (Lipinski definition) is 0. The van der Waals surface area contributed by atoms with Crippen molar-refractivity contribution >= 4 is 5.97 Å². The Kier molecular flexibility index (Phi) is 5.04. The van der Waals surface area contributed by atoms with Crippen molar-refractivity contribution in [3.8, 4) is 0 Å². The summed E-state index contributed by atoms with van der Waals surface area (Å²) >= 11 is 0. The van der Waals surface area contributed by atoms with Crippen molar-refractivity contribution in [2.45, 2.75) is 32.3 Å². The number of ether oxygens (including phenoxy) is 2. The summed E-state index contributed by atoms with van der Waals surface area (Å²) in [6.45, 7) is 1.16. The van der Waals surface area contributed by atoms with E-state index in [1.165, 1.54) is 0 Å². The predicted octanol–water partition coefficient (Wildman–Crippen LogP) is 2.70. The summed E-state index contributed by atoms with van der Waals surface area (Å²) in [5.74, 6) is -0.967. The smallest absolute Gasteiger partial charge is 0.423 e. The van der Waals surface area contributed by atoms with Crippen LogP contribution in [0.4, 0.5) is 26.3 Å². The van der Waals surface area contributed by atoms with Gasteiger partial charge in [0.2, 0.25) is 6.10 Å². The van der Waals surface area contributed by atoms with Crippen LogP contribution in [0.2, 0.25) is 0 Å². The molecule has 0 fully saturated rings. The minimum atomic E-state index is -5.59. The molecule has 0 heterocycles. The number of hydrogen-bond acceptors (Lipinski definition) is 3. The van der Waals surface area contributed by atoms with Gasteiger partial charge in [0, 0.05) is 0 Å². The number of halogens is 6. The molecule has 0 rings (SSSR count). The maximum atomic E-state index is 12.1. The minimum Gasteiger partial charge on any atom is -0.469 e. The first-order valence-electron chi connectivity index (χ1n) is 4.66. The molecule has 3 nitrogen and oxygen atoms in total. The average molecular weight is 282 g/mol. The number of esters is 1. The van der Waals surface area contributed by atoms with E-state index in [-0.39, 0.29) is 0 Å². The molecule has 0 spiro atoms. The predicted molar refractivity (Wildman–Crippen MR) is 47.6 cm³/mol. The summed E-state index contributed by atoms with van der Waals surface area (Å²) in [4.78, 5) is 11.1. The van der Waals surface area contributed by atoms with Gasteiger partial charge in [-0.05, 0) is 13.8 Å². The van der Waals surface area contributed by atoms with Gasteiger partial charge < -0.3 is 9.47 Å². The summed E-state index contributed by atoms with van der Waals surface area (Å²) in [7, 11) is 0.967. The summed E-state index contributed by atoms with van der Waals surface area (Å²) in [5.41, 5.74) is -1.61. The largest absolute Gasteiger partial charge is 0.469 e. The Morgan fingerprint density at radius 3 is 1.72 bits per heavy atom. The third-order valence-corrected chi connectivity index (χ3v) is 1.94. The first-order valence-corrected chi connectivity index (χ1v) is 4.66. The lowest BCUT2D eigenvalue weighted by molar-refractivity contribution is -0.325. The second-order valence-electron chi connectivity index (χ2n) is 4.15.